The van der Waals surface area contributed by atoms with E-state index in [0.29, 0.717) is 13.0 Å². The van der Waals surface area contributed by atoms with Crippen LogP contribution in [0.3, 0.4) is 0 Å². The lowest BCUT2D eigenvalue weighted by Crippen LogP contribution is -2.32. The van der Waals surface area contributed by atoms with Crippen molar-refractivity contribution in [2.45, 2.75) is 12.3 Å². The monoisotopic (exact) mass is 399 g/mol. The summed E-state index contributed by atoms with van der Waals surface area (Å²) in [6.07, 6.45) is 0.648. The first-order chi connectivity index (χ1) is 14.7. The van der Waals surface area contributed by atoms with Gasteiger partial charge in [0, 0.05) is 26.1 Å². The number of aromatic nitrogens is 2. The molecule has 4 aromatic rings. The van der Waals surface area contributed by atoms with Crippen molar-refractivity contribution >= 4 is 16.9 Å². The number of methoxy groups -OCH3 is 1. The van der Waals surface area contributed by atoms with Gasteiger partial charge in [0.1, 0.15) is 11.6 Å². The van der Waals surface area contributed by atoms with E-state index in [1.165, 1.54) is 0 Å². The second-order valence-corrected chi connectivity index (χ2v) is 7.24. The van der Waals surface area contributed by atoms with E-state index in [2.05, 4.69) is 9.88 Å². The van der Waals surface area contributed by atoms with E-state index in [-0.39, 0.29) is 11.8 Å². The zero-order valence-electron chi connectivity index (χ0n) is 17.2. The molecule has 5 nitrogen and oxygen atoms in total. The van der Waals surface area contributed by atoms with Crippen LogP contribution in [-0.2, 0) is 18.3 Å². The fraction of sp³-hybridized carbons (Fsp3) is 0.200. The predicted molar refractivity (Wildman–Crippen MR) is 119 cm³/mol. The van der Waals surface area contributed by atoms with Gasteiger partial charge >= 0.3 is 0 Å². The number of hydrogen-bond acceptors (Lipinski definition) is 3. The van der Waals surface area contributed by atoms with E-state index in [1.807, 2.05) is 85.9 Å². The third kappa shape index (κ3) is 4.06. The second kappa shape index (κ2) is 8.82. The van der Waals surface area contributed by atoms with Gasteiger partial charge in [0.25, 0.3) is 0 Å². The Hall–Kier alpha value is -3.60. The molecule has 0 unspecified atom stereocenters. The third-order valence-electron chi connectivity index (χ3n) is 5.36. The molecule has 1 amide bonds. The van der Waals surface area contributed by atoms with Gasteiger partial charge in [0.2, 0.25) is 5.91 Å². The molecule has 0 radical (unpaired) electrons. The van der Waals surface area contributed by atoms with E-state index in [9.17, 15) is 4.79 Å². The molecule has 3 aromatic carbocycles. The van der Waals surface area contributed by atoms with Crippen molar-refractivity contribution in [2.75, 3.05) is 13.7 Å². The summed E-state index contributed by atoms with van der Waals surface area (Å²) >= 11 is 0. The van der Waals surface area contributed by atoms with Crippen LogP contribution in [0.1, 0.15) is 22.9 Å². The minimum absolute atomic E-state index is 0.00664. The summed E-state index contributed by atoms with van der Waals surface area (Å²) in [6, 6.07) is 25.6. The zero-order valence-corrected chi connectivity index (χ0v) is 17.2. The summed E-state index contributed by atoms with van der Waals surface area (Å²) in [7, 11) is 3.64. The summed E-state index contributed by atoms with van der Waals surface area (Å²) in [5.74, 6) is 1.37. The van der Waals surface area contributed by atoms with Crippen molar-refractivity contribution in [1.82, 2.24) is 14.9 Å². The Morgan fingerprint density at radius 3 is 2.23 bits per heavy atom. The van der Waals surface area contributed by atoms with Gasteiger partial charge in [-0.2, -0.15) is 0 Å². The van der Waals surface area contributed by atoms with Crippen molar-refractivity contribution in [3.8, 4) is 5.75 Å². The zero-order chi connectivity index (χ0) is 20.9. The van der Waals surface area contributed by atoms with E-state index < -0.39 is 0 Å². The Labute approximate surface area is 176 Å². The number of nitrogens with one attached hydrogen (secondary N) is 1. The fourth-order valence-electron chi connectivity index (χ4n) is 3.77. The Morgan fingerprint density at radius 2 is 1.63 bits per heavy atom. The van der Waals surface area contributed by atoms with Gasteiger partial charge in [-0.15, -0.1) is 0 Å². The second-order valence-electron chi connectivity index (χ2n) is 7.24. The van der Waals surface area contributed by atoms with Crippen LogP contribution in [0.15, 0.2) is 78.9 Å². The highest BCUT2D eigenvalue weighted by Crippen LogP contribution is 2.25. The number of ether oxygens (including phenoxy) is 1. The average Bonchev–Trinajstić information content (AvgIpc) is 3.10. The Bertz CT molecular complexity index is 1100. The highest BCUT2D eigenvalue weighted by molar-refractivity contribution is 5.87. The van der Waals surface area contributed by atoms with Crippen molar-refractivity contribution in [3.05, 3.63) is 95.8 Å². The number of benzene rings is 3. The van der Waals surface area contributed by atoms with E-state index >= 15 is 0 Å². The summed E-state index contributed by atoms with van der Waals surface area (Å²) in [5, 5.41) is 3.11. The molecule has 0 aliphatic carbocycles. The lowest BCUT2D eigenvalue weighted by molar-refractivity contribution is -0.121. The number of imidazole rings is 1. The molecule has 1 N–H and O–H groups in total. The van der Waals surface area contributed by atoms with Gasteiger partial charge < -0.3 is 14.6 Å². The van der Waals surface area contributed by atoms with E-state index in [1.54, 1.807) is 7.11 Å². The number of hydrogen-bond donors (Lipinski definition) is 1. The Kier molecular flexibility index (Phi) is 5.80. The standard InChI is InChI=1S/C25H25N3O2/c1-28-22-14-13-20(30-2)17-21(22)27-23(28)15-16-26-25(29)24(18-9-5-3-6-10-18)19-11-7-4-8-12-19/h3-14,17,24H,15-16H2,1-2H3,(H,26,29). The predicted octanol–water partition coefficient (Wildman–Crippen LogP) is 4.07. The van der Waals surface area contributed by atoms with Gasteiger partial charge in [0.05, 0.1) is 24.1 Å². The summed E-state index contributed by atoms with van der Waals surface area (Å²) < 4.78 is 7.35. The van der Waals surface area contributed by atoms with E-state index in [4.69, 9.17) is 9.72 Å². The lowest BCUT2D eigenvalue weighted by atomic mass is 9.90. The van der Waals surface area contributed by atoms with Crippen LogP contribution in [0.4, 0.5) is 0 Å². The molecule has 5 heteroatoms. The average molecular weight is 399 g/mol. The SMILES string of the molecule is COc1ccc2c(c1)nc(CCNC(=O)C(c1ccccc1)c1ccccc1)n2C. The summed E-state index contributed by atoms with van der Waals surface area (Å²) in [4.78, 5) is 17.8. The number of amides is 1. The topological polar surface area (TPSA) is 56.1 Å². The normalized spacial score (nSPS) is 11.0. The van der Waals surface area contributed by atoms with Crippen LogP contribution in [0.2, 0.25) is 0 Å². The molecule has 1 heterocycles. The van der Waals surface area contributed by atoms with Gasteiger partial charge in [-0.1, -0.05) is 60.7 Å². The molecule has 0 aliphatic heterocycles. The summed E-state index contributed by atoms with van der Waals surface area (Å²) in [5.41, 5.74) is 3.90. The maximum absolute atomic E-state index is 13.1. The highest BCUT2D eigenvalue weighted by atomic mass is 16.5. The molecule has 30 heavy (non-hydrogen) atoms. The molecule has 0 aliphatic rings. The number of carbonyl (C=O) groups is 1. The Balaban J connectivity index is 1.49. The molecular formula is C25H25N3O2. The van der Waals surface area contributed by atoms with Crippen LogP contribution < -0.4 is 10.1 Å². The molecule has 0 saturated carbocycles. The molecule has 152 valence electrons. The largest absolute Gasteiger partial charge is 0.497 e. The lowest BCUT2D eigenvalue weighted by Gasteiger charge is -2.18. The molecule has 0 bridgehead atoms. The summed E-state index contributed by atoms with van der Waals surface area (Å²) in [6.45, 7) is 0.517. The molecular weight excluding hydrogens is 374 g/mol. The minimum Gasteiger partial charge on any atom is -0.497 e. The minimum atomic E-state index is -0.336. The highest BCUT2D eigenvalue weighted by Gasteiger charge is 2.22. The molecule has 4 rings (SSSR count). The number of fused-ring (bicyclic) bond motifs is 1. The van der Waals surface area contributed by atoms with Crippen molar-refractivity contribution in [2.24, 2.45) is 7.05 Å². The van der Waals surface area contributed by atoms with Crippen LogP contribution in [0.25, 0.3) is 11.0 Å². The molecule has 0 spiro atoms. The first-order valence-electron chi connectivity index (χ1n) is 10.0. The maximum Gasteiger partial charge on any atom is 0.232 e. The number of carbonyl (C=O) groups excluding carboxylic acids is 1. The van der Waals surface area contributed by atoms with Crippen molar-refractivity contribution in [1.29, 1.82) is 0 Å². The smallest absolute Gasteiger partial charge is 0.232 e. The van der Waals surface area contributed by atoms with Gasteiger partial charge in [-0.05, 0) is 23.3 Å². The van der Waals surface area contributed by atoms with Crippen LogP contribution in [0.5, 0.6) is 5.75 Å². The quantitative estimate of drug-likeness (QED) is 0.510. The molecule has 0 saturated heterocycles. The third-order valence-corrected chi connectivity index (χ3v) is 5.36. The number of aryl methyl sites for hydroxylation is 1. The fourth-order valence-corrected chi connectivity index (χ4v) is 3.77. The van der Waals surface area contributed by atoms with E-state index in [0.717, 1.165) is 33.7 Å². The van der Waals surface area contributed by atoms with Crippen LogP contribution in [0, 0.1) is 0 Å². The molecule has 0 atom stereocenters. The van der Waals surface area contributed by atoms with Crippen molar-refractivity contribution in [3.63, 3.8) is 0 Å². The molecule has 1 aromatic heterocycles. The van der Waals surface area contributed by atoms with Crippen LogP contribution in [-0.4, -0.2) is 29.1 Å². The van der Waals surface area contributed by atoms with Crippen LogP contribution >= 0.6 is 0 Å². The van der Waals surface area contributed by atoms with Gasteiger partial charge in [0.15, 0.2) is 0 Å². The first kappa shape index (κ1) is 19.7. The van der Waals surface area contributed by atoms with Gasteiger partial charge in [-0.3, -0.25) is 4.79 Å². The number of rotatable bonds is 7. The van der Waals surface area contributed by atoms with Gasteiger partial charge in [-0.25, -0.2) is 4.98 Å². The molecule has 0 fully saturated rings. The first-order valence-corrected chi connectivity index (χ1v) is 10.0. The van der Waals surface area contributed by atoms with Crippen molar-refractivity contribution < 1.29 is 9.53 Å². The number of nitrogens with zero attached hydrogens (tertiary/aromatic N) is 2. The Morgan fingerprint density at radius 1 is 1.00 bits per heavy atom. The maximum atomic E-state index is 13.1.